The zero-order valence-electron chi connectivity index (χ0n) is 9.16. The maximum atomic E-state index is 12.8. The van der Waals surface area contributed by atoms with Crippen LogP contribution in [0.5, 0.6) is 0 Å². The molecule has 0 heterocycles. The molecule has 0 aromatic heterocycles. The number of hydrogen-bond acceptors (Lipinski definition) is 2. The van der Waals surface area contributed by atoms with E-state index >= 15 is 0 Å². The SMILES string of the molecule is C/C=C/CCNC(=O)c1ccc(F)c(N)c1. The number of nitrogens with two attached hydrogens (primary N) is 1. The Labute approximate surface area is 94.1 Å². The summed E-state index contributed by atoms with van der Waals surface area (Å²) in [5, 5.41) is 2.71. The van der Waals surface area contributed by atoms with Gasteiger partial charge < -0.3 is 11.1 Å². The summed E-state index contributed by atoms with van der Waals surface area (Å²) in [7, 11) is 0. The molecule has 1 amide bonds. The number of allylic oxidation sites excluding steroid dienone is 1. The molecule has 0 spiro atoms. The molecule has 1 rings (SSSR count). The van der Waals surface area contributed by atoms with Gasteiger partial charge >= 0.3 is 0 Å². The third-order valence-electron chi connectivity index (χ3n) is 2.09. The predicted molar refractivity (Wildman–Crippen MR) is 62.6 cm³/mol. The van der Waals surface area contributed by atoms with Crippen molar-refractivity contribution in [3.8, 4) is 0 Å². The van der Waals surface area contributed by atoms with Crippen LogP contribution in [0.2, 0.25) is 0 Å². The highest BCUT2D eigenvalue weighted by atomic mass is 19.1. The molecule has 86 valence electrons. The van der Waals surface area contributed by atoms with Crippen molar-refractivity contribution in [2.45, 2.75) is 13.3 Å². The molecular weight excluding hydrogens is 207 g/mol. The van der Waals surface area contributed by atoms with Crippen LogP contribution in [0.3, 0.4) is 0 Å². The van der Waals surface area contributed by atoms with Gasteiger partial charge in [-0.3, -0.25) is 4.79 Å². The Morgan fingerprint density at radius 1 is 1.56 bits per heavy atom. The van der Waals surface area contributed by atoms with Crippen LogP contribution >= 0.6 is 0 Å². The highest BCUT2D eigenvalue weighted by molar-refractivity contribution is 5.95. The van der Waals surface area contributed by atoms with E-state index in [2.05, 4.69) is 5.32 Å². The first-order valence-electron chi connectivity index (χ1n) is 5.09. The Balaban J connectivity index is 2.56. The van der Waals surface area contributed by atoms with Crippen molar-refractivity contribution in [1.82, 2.24) is 5.32 Å². The summed E-state index contributed by atoms with van der Waals surface area (Å²) in [6, 6.07) is 3.94. The molecule has 0 saturated heterocycles. The minimum Gasteiger partial charge on any atom is -0.396 e. The topological polar surface area (TPSA) is 55.1 Å². The van der Waals surface area contributed by atoms with Gasteiger partial charge in [-0.05, 0) is 31.5 Å². The number of amides is 1. The number of hydrogen-bond donors (Lipinski definition) is 2. The molecule has 16 heavy (non-hydrogen) atoms. The van der Waals surface area contributed by atoms with Gasteiger partial charge in [0, 0.05) is 12.1 Å². The van der Waals surface area contributed by atoms with Crippen LogP contribution in [0.25, 0.3) is 0 Å². The Bertz CT molecular complexity index is 402. The van der Waals surface area contributed by atoms with Gasteiger partial charge in [0.25, 0.3) is 5.91 Å². The van der Waals surface area contributed by atoms with Gasteiger partial charge in [0.05, 0.1) is 5.69 Å². The van der Waals surface area contributed by atoms with E-state index in [1.807, 2.05) is 19.1 Å². The maximum Gasteiger partial charge on any atom is 0.251 e. The smallest absolute Gasteiger partial charge is 0.251 e. The average molecular weight is 222 g/mol. The molecule has 0 aliphatic rings. The van der Waals surface area contributed by atoms with Crippen LogP contribution in [0.4, 0.5) is 10.1 Å². The number of anilines is 1. The summed E-state index contributed by atoms with van der Waals surface area (Å²) >= 11 is 0. The van der Waals surface area contributed by atoms with Crippen LogP contribution < -0.4 is 11.1 Å². The number of halogens is 1. The molecule has 0 atom stereocenters. The molecule has 3 nitrogen and oxygen atoms in total. The van der Waals surface area contributed by atoms with Crippen LogP contribution in [-0.4, -0.2) is 12.5 Å². The van der Waals surface area contributed by atoms with Gasteiger partial charge in [-0.1, -0.05) is 12.2 Å². The molecule has 3 N–H and O–H groups in total. The first kappa shape index (κ1) is 12.2. The van der Waals surface area contributed by atoms with Gasteiger partial charge in [-0.15, -0.1) is 0 Å². The van der Waals surface area contributed by atoms with E-state index in [0.717, 1.165) is 6.42 Å². The van der Waals surface area contributed by atoms with Crippen LogP contribution in [0.15, 0.2) is 30.4 Å². The second-order valence-corrected chi connectivity index (χ2v) is 3.35. The normalized spacial score (nSPS) is 10.6. The fraction of sp³-hybridized carbons (Fsp3) is 0.250. The third kappa shape index (κ3) is 3.38. The van der Waals surface area contributed by atoms with Crippen LogP contribution in [0, 0.1) is 5.82 Å². The Hall–Kier alpha value is -1.84. The zero-order chi connectivity index (χ0) is 12.0. The average Bonchev–Trinajstić information content (AvgIpc) is 2.28. The molecule has 1 aromatic rings. The van der Waals surface area contributed by atoms with Gasteiger partial charge in [0.2, 0.25) is 0 Å². The van der Waals surface area contributed by atoms with Gasteiger partial charge in [-0.25, -0.2) is 4.39 Å². The summed E-state index contributed by atoms with van der Waals surface area (Å²) in [5.41, 5.74) is 5.73. The molecule has 1 aromatic carbocycles. The summed E-state index contributed by atoms with van der Waals surface area (Å²) in [5.74, 6) is -0.748. The molecule has 0 unspecified atom stereocenters. The van der Waals surface area contributed by atoms with E-state index in [-0.39, 0.29) is 11.6 Å². The molecule has 0 saturated carbocycles. The summed E-state index contributed by atoms with van der Waals surface area (Å²) in [6.07, 6.45) is 4.65. The van der Waals surface area contributed by atoms with E-state index in [1.165, 1.54) is 18.2 Å². The Kier molecular flexibility index (Phi) is 4.51. The molecule has 0 aliphatic carbocycles. The van der Waals surface area contributed by atoms with Crippen molar-refractivity contribution in [2.75, 3.05) is 12.3 Å². The molecule has 0 bridgehead atoms. The van der Waals surface area contributed by atoms with Crippen molar-refractivity contribution in [3.05, 3.63) is 41.7 Å². The minimum atomic E-state index is -0.509. The van der Waals surface area contributed by atoms with E-state index in [1.54, 1.807) is 0 Å². The lowest BCUT2D eigenvalue weighted by Gasteiger charge is -2.04. The van der Waals surface area contributed by atoms with Crippen LogP contribution in [-0.2, 0) is 0 Å². The minimum absolute atomic E-state index is 0.0129. The molecule has 0 aliphatic heterocycles. The first-order valence-corrected chi connectivity index (χ1v) is 5.09. The van der Waals surface area contributed by atoms with E-state index in [4.69, 9.17) is 5.73 Å². The largest absolute Gasteiger partial charge is 0.396 e. The van der Waals surface area contributed by atoms with Gasteiger partial charge in [0.15, 0.2) is 0 Å². The number of carbonyl (C=O) groups excluding carboxylic acids is 1. The highest BCUT2D eigenvalue weighted by Gasteiger charge is 2.06. The van der Waals surface area contributed by atoms with Crippen molar-refractivity contribution in [1.29, 1.82) is 0 Å². The first-order chi connectivity index (χ1) is 7.65. The Morgan fingerprint density at radius 3 is 2.94 bits per heavy atom. The summed E-state index contributed by atoms with van der Waals surface area (Å²) in [6.45, 7) is 2.48. The maximum absolute atomic E-state index is 12.8. The molecule has 0 fully saturated rings. The van der Waals surface area contributed by atoms with Crippen molar-refractivity contribution in [2.24, 2.45) is 0 Å². The quantitative estimate of drug-likeness (QED) is 0.465. The molecule has 0 radical (unpaired) electrons. The van der Waals surface area contributed by atoms with E-state index < -0.39 is 5.82 Å². The number of nitrogen functional groups attached to an aromatic ring is 1. The van der Waals surface area contributed by atoms with Gasteiger partial charge in [-0.2, -0.15) is 0 Å². The molecular formula is C12H15FN2O. The lowest BCUT2D eigenvalue weighted by atomic mass is 10.2. The fourth-order valence-electron chi connectivity index (χ4n) is 1.22. The van der Waals surface area contributed by atoms with Crippen LogP contribution in [0.1, 0.15) is 23.7 Å². The third-order valence-corrected chi connectivity index (χ3v) is 2.09. The van der Waals surface area contributed by atoms with E-state index in [9.17, 15) is 9.18 Å². The van der Waals surface area contributed by atoms with Crippen molar-refractivity contribution in [3.63, 3.8) is 0 Å². The zero-order valence-corrected chi connectivity index (χ0v) is 9.16. The fourth-order valence-corrected chi connectivity index (χ4v) is 1.22. The highest BCUT2D eigenvalue weighted by Crippen LogP contribution is 2.11. The standard InChI is InChI=1S/C12H15FN2O/c1-2-3-4-7-15-12(16)9-5-6-10(13)11(14)8-9/h2-3,5-6,8H,4,7,14H2,1H3,(H,15,16)/b3-2+. The number of carbonyl (C=O) groups is 1. The second-order valence-electron chi connectivity index (χ2n) is 3.35. The monoisotopic (exact) mass is 222 g/mol. The number of nitrogens with one attached hydrogen (secondary N) is 1. The van der Waals surface area contributed by atoms with Gasteiger partial charge in [0.1, 0.15) is 5.82 Å². The Morgan fingerprint density at radius 2 is 2.31 bits per heavy atom. The molecule has 4 heteroatoms. The predicted octanol–water partition coefficient (Wildman–Crippen LogP) is 2.10. The second kappa shape index (κ2) is 5.90. The summed E-state index contributed by atoms with van der Waals surface area (Å²) in [4.78, 5) is 11.6. The number of benzene rings is 1. The lowest BCUT2D eigenvalue weighted by Crippen LogP contribution is -2.24. The van der Waals surface area contributed by atoms with E-state index in [0.29, 0.717) is 12.1 Å². The summed E-state index contributed by atoms with van der Waals surface area (Å²) < 4.78 is 12.8. The number of rotatable bonds is 4. The lowest BCUT2D eigenvalue weighted by molar-refractivity contribution is 0.0954. The van der Waals surface area contributed by atoms with Crippen molar-refractivity contribution < 1.29 is 9.18 Å². The van der Waals surface area contributed by atoms with Crippen molar-refractivity contribution >= 4 is 11.6 Å².